The summed E-state index contributed by atoms with van der Waals surface area (Å²) in [5.41, 5.74) is 0. The molecular formula is C29H46O4Si. The zero-order chi connectivity index (χ0) is 24.9. The predicted molar refractivity (Wildman–Crippen MR) is 144 cm³/mol. The van der Waals surface area contributed by atoms with Gasteiger partial charge in [-0.25, -0.2) is 0 Å². The molecule has 2 rings (SSSR count). The third-order valence-electron chi connectivity index (χ3n) is 6.54. The van der Waals surface area contributed by atoms with E-state index >= 15 is 0 Å². The molecule has 34 heavy (non-hydrogen) atoms. The van der Waals surface area contributed by atoms with E-state index in [2.05, 4.69) is 88.4 Å². The molecule has 2 aromatic carbocycles. The van der Waals surface area contributed by atoms with E-state index in [4.69, 9.17) is 19.0 Å². The number of hydrogen-bond donors (Lipinski definition) is 1. The van der Waals surface area contributed by atoms with Crippen LogP contribution in [0.5, 0.6) is 0 Å². The first-order chi connectivity index (χ1) is 16.3. The summed E-state index contributed by atoms with van der Waals surface area (Å²) in [6.07, 6.45) is 7.46. The zero-order valence-corrected chi connectivity index (χ0v) is 23.0. The first-order valence-corrected chi connectivity index (χ1v) is 14.8. The lowest BCUT2D eigenvalue weighted by Crippen LogP contribution is -2.67. The van der Waals surface area contributed by atoms with Crippen molar-refractivity contribution in [1.82, 2.24) is 0 Å². The number of unbranched alkanes of at least 4 members (excludes halogenated alkanes) is 2. The van der Waals surface area contributed by atoms with Crippen molar-refractivity contribution in [2.45, 2.75) is 89.9 Å². The van der Waals surface area contributed by atoms with Gasteiger partial charge in [-0.1, -0.05) is 101 Å². The quantitative estimate of drug-likeness (QED) is 0.189. The standard InChI is InChI=1S/C29H46O4Si/c1-25(16-9-6-10-17-26(18-15-23-30)32-24-31-5)33-34(29(2,3)4,27-19-11-7-12-20-27)28-21-13-8-14-22-28/h7-8,11-14,19-22,25-26,30H,6,9-10,15-18,23-24H2,1-5H3/t25-,26-/m0/s1. The molecule has 0 heterocycles. The highest BCUT2D eigenvalue weighted by Crippen LogP contribution is 2.38. The van der Waals surface area contributed by atoms with Crippen LogP contribution in [0.15, 0.2) is 60.7 Å². The molecule has 0 radical (unpaired) electrons. The minimum absolute atomic E-state index is 0.00256. The van der Waals surface area contributed by atoms with Crippen molar-refractivity contribution in [3.05, 3.63) is 60.7 Å². The van der Waals surface area contributed by atoms with Crippen LogP contribution in [-0.4, -0.2) is 46.1 Å². The Morgan fingerprint density at radius 2 is 1.32 bits per heavy atom. The van der Waals surface area contributed by atoms with Gasteiger partial charge in [-0.2, -0.15) is 0 Å². The van der Waals surface area contributed by atoms with E-state index in [0.717, 1.165) is 44.9 Å². The second-order valence-electron chi connectivity index (χ2n) is 10.3. The summed E-state index contributed by atoms with van der Waals surface area (Å²) in [5.74, 6) is 0. The smallest absolute Gasteiger partial charge is 0.261 e. The predicted octanol–water partition coefficient (Wildman–Crippen LogP) is 5.66. The number of benzene rings is 2. The molecule has 190 valence electrons. The average Bonchev–Trinajstić information content (AvgIpc) is 2.83. The number of aliphatic hydroxyl groups excluding tert-OH is 1. The average molecular weight is 487 g/mol. The monoisotopic (exact) mass is 486 g/mol. The van der Waals surface area contributed by atoms with Crippen LogP contribution in [0, 0.1) is 0 Å². The molecule has 0 spiro atoms. The molecule has 0 amide bonds. The highest BCUT2D eigenvalue weighted by molar-refractivity contribution is 6.99. The van der Waals surface area contributed by atoms with Gasteiger partial charge in [0.15, 0.2) is 0 Å². The summed E-state index contributed by atoms with van der Waals surface area (Å²) in [4.78, 5) is 0. The number of hydrogen-bond acceptors (Lipinski definition) is 4. The van der Waals surface area contributed by atoms with Gasteiger partial charge >= 0.3 is 0 Å². The van der Waals surface area contributed by atoms with Gasteiger partial charge in [-0.3, -0.25) is 0 Å². The van der Waals surface area contributed by atoms with Crippen molar-refractivity contribution in [2.75, 3.05) is 20.5 Å². The molecule has 5 heteroatoms. The van der Waals surface area contributed by atoms with E-state index in [1.54, 1.807) is 7.11 Å². The Kier molecular flexibility index (Phi) is 12.5. The summed E-state index contributed by atoms with van der Waals surface area (Å²) in [6, 6.07) is 21.7. The molecule has 1 N–H and O–H groups in total. The molecule has 2 atom stereocenters. The van der Waals surface area contributed by atoms with Gasteiger partial charge in [0.05, 0.1) is 6.10 Å². The SMILES string of the molecule is COCO[C@H](CCCO)CCCCC[C@H](C)O[Si](c1ccccc1)(c1ccccc1)C(C)(C)C. The van der Waals surface area contributed by atoms with Crippen LogP contribution >= 0.6 is 0 Å². The fraction of sp³-hybridized carbons (Fsp3) is 0.586. The molecule has 2 aromatic rings. The Bertz CT molecular complexity index is 728. The second kappa shape index (κ2) is 14.8. The Labute approximate surface area is 208 Å². The van der Waals surface area contributed by atoms with Crippen LogP contribution in [0.25, 0.3) is 0 Å². The summed E-state index contributed by atoms with van der Waals surface area (Å²) in [5, 5.41) is 11.8. The Morgan fingerprint density at radius 1 is 0.794 bits per heavy atom. The van der Waals surface area contributed by atoms with Gasteiger partial charge in [0.25, 0.3) is 8.32 Å². The molecular weight excluding hydrogens is 440 g/mol. The number of aliphatic hydroxyl groups is 1. The summed E-state index contributed by atoms with van der Waals surface area (Å²) in [7, 11) is -0.837. The molecule has 0 aliphatic rings. The van der Waals surface area contributed by atoms with E-state index in [0.29, 0.717) is 6.79 Å². The van der Waals surface area contributed by atoms with Gasteiger partial charge in [0, 0.05) is 19.8 Å². The first-order valence-electron chi connectivity index (χ1n) is 12.9. The highest BCUT2D eigenvalue weighted by Gasteiger charge is 2.50. The lowest BCUT2D eigenvalue weighted by molar-refractivity contribution is -0.0783. The largest absolute Gasteiger partial charge is 0.405 e. The number of rotatable bonds is 16. The van der Waals surface area contributed by atoms with E-state index in [1.807, 2.05) is 0 Å². The molecule has 0 fully saturated rings. The third kappa shape index (κ3) is 8.31. The van der Waals surface area contributed by atoms with Crippen LogP contribution in [0.4, 0.5) is 0 Å². The van der Waals surface area contributed by atoms with E-state index in [9.17, 15) is 0 Å². The Balaban J connectivity index is 2.03. The maximum Gasteiger partial charge on any atom is 0.261 e. The fourth-order valence-electron chi connectivity index (χ4n) is 4.83. The van der Waals surface area contributed by atoms with Gasteiger partial charge in [0.1, 0.15) is 6.79 Å². The van der Waals surface area contributed by atoms with Crippen LogP contribution in [0.3, 0.4) is 0 Å². The lowest BCUT2D eigenvalue weighted by atomic mass is 10.0. The van der Waals surface area contributed by atoms with Crippen molar-refractivity contribution >= 4 is 18.7 Å². The van der Waals surface area contributed by atoms with Gasteiger partial charge in [0.2, 0.25) is 0 Å². The van der Waals surface area contributed by atoms with Crippen molar-refractivity contribution in [1.29, 1.82) is 0 Å². The number of ether oxygens (including phenoxy) is 2. The molecule has 0 saturated heterocycles. The van der Waals surface area contributed by atoms with Gasteiger partial charge in [-0.05, 0) is 48.0 Å². The third-order valence-corrected chi connectivity index (χ3v) is 11.7. The molecule has 0 aromatic heterocycles. The van der Waals surface area contributed by atoms with Crippen LogP contribution in [0.2, 0.25) is 5.04 Å². The summed E-state index contributed by atoms with van der Waals surface area (Å²) in [6.45, 7) is 9.77. The maximum atomic E-state index is 9.13. The van der Waals surface area contributed by atoms with Crippen LogP contribution < -0.4 is 10.4 Å². The van der Waals surface area contributed by atoms with Crippen LogP contribution in [-0.2, 0) is 13.9 Å². The van der Waals surface area contributed by atoms with E-state index in [-0.39, 0.29) is 23.9 Å². The van der Waals surface area contributed by atoms with Crippen molar-refractivity contribution < 1.29 is 19.0 Å². The van der Waals surface area contributed by atoms with Crippen LogP contribution in [0.1, 0.15) is 72.6 Å². The lowest BCUT2D eigenvalue weighted by Gasteiger charge is -2.44. The first kappa shape index (κ1) is 28.7. The summed E-state index contributed by atoms with van der Waals surface area (Å²) < 4.78 is 18.0. The van der Waals surface area contributed by atoms with E-state index < -0.39 is 8.32 Å². The van der Waals surface area contributed by atoms with E-state index in [1.165, 1.54) is 10.4 Å². The molecule has 0 bridgehead atoms. The van der Waals surface area contributed by atoms with Crippen molar-refractivity contribution in [3.63, 3.8) is 0 Å². The van der Waals surface area contributed by atoms with Crippen molar-refractivity contribution in [3.8, 4) is 0 Å². The minimum Gasteiger partial charge on any atom is -0.405 e. The summed E-state index contributed by atoms with van der Waals surface area (Å²) >= 11 is 0. The molecule has 0 aliphatic heterocycles. The number of methoxy groups -OCH3 is 1. The fourth-order valence-corrected chi connectivity index (χ4v) is 9.56. The Hall–Kier alpha value is -1.50. The molecule has 4 nitrogen and oxygen atoms in total. The maximum absolute atomic E-state index is 9.13. The molecule has 0 saturated carbocycles. The molecule has 0 unspecified atom stereocenters. The second-order valence-corrected chi connectivity index (χ2v) is 14.5. The Morgan fingerprint density at radius 3 is 1.82 bits per heavy atom. The topological polar surface area (TPSA) is 47.9 Å². The minimum atomic E-state index is -2.49. The van der Waals surface area contributed by atoms with Gasteiger partial charge < -0.3 is 19.0 Å². The molecule has 0 aliphatic carbocycles. The normalized spacial score (nSPS) is 14.2. The van der Waals surface area contributed by atoms with Gasteiger partial charge in [-0.15, -0.1) is 0 Å². The zero-order valence-electron chi connectivity index (χ0n) is 22.0. The highest BCUT2D eigenvalue weighted by atomic mass is 28.4. The van der Waals surface area contributed by atoms with Crippen molar-refractivity contribution in [2.24, 2.45) is 0 Å².